The third kappa shape index (κ3) is 2.81. The zero-order valence-corrected chi connectivity index (χ0v) is 10.9. The molecule has 1 heterocycles. The van der Waals surface area contributed by atoms with Crippen LogP contribution in [0.1, 0.15) is 38.2 Å². The van der Waals surface area contributed by atoms with Crippen LogP contribution in [0.4, 0.5) is 11.4 Å². The van der Waals surface area contributed by atoms with E-state index in [1.54, 1.807) is 12.1 Å². The Balaban J connectivity index is 1.98. The number of rotatable bonds is 6. The Kier molecular flexibility index (Phi) is 4.18. The van der Waals surface area contributed by atoms with Crippen molar-refractivity contribution in [3.63, 3.8) is 0 Å². The van der Waals surface area contributed by atoms with Crippen molar-refractivity contribution < 1.29 is 4.92 Å². The average Bonchev–Trinajstić information content (AvgIpc) is 2.77. The second-order valence-corrected chi connectivity index (χ2v) is 4.87. The summed E-state index contributed by atoms with van der Waals surface area (Å²) in [7, 11) is 0. The van der Waals surface area contributed by atoms with Crippen LogP contribution in [0.25, 0.3) is 0 Å². The molecule has 0 N–H and O–H groups in total. The molecule has 0 aliphatic carbocycles. The first-order chi connectivity index (χ1) is 8.72. The molecule has 0 saturated carbocycles. The van der Waals surface area contributed by atoms with Gasteiger partial charge in [0.25, 0.3) is 5.69 Å². The van der Waals surface area contributed by atoms with E-state index in [4.69, 9.17) is 0 Å². The lowest BCUT2D eigenvalue weighted by Crippen LogP contribution is -2.21. The van der Waals surface area contributed by atoms with Gasteiger partial charge in [0.05, 0.1) is 4.92 Å². The number of nitrogens with zero attached hydrogens (tertiary/aromatic N) is 2. The van der Waals surface area contributed by atoms with E-state index in [2.05, 4.69) is 11.8 Å². The molecule has 1 aliphatic rings. The van der Waals surface area contributed by atoms with Crippen molar-refractivity contribution in [2.75, 3.05) is 18.0 Å². The van der Waals surface area contributed by atoms with Crippen LogP contribution in [0.15, 0.2) is 18.2 Å². The molecule has 0 amide bonds. The number of non-ortho nitro benzene ring substituents is 1. The van der Waals surface area contributed by atoms with Gasteiger partial charge in [-0.1, -0.05) is 26.2 Å². The summed E-state index contributed by atoms with van der Waals surface area (Å²) in [6, 6.07) is 5.24. The van der Waals surface area contributed by atoms with Crippen molar-refractivity contribution in [1.82, 2.24) is 0 Å². The molecule has 98 valence electrons. The molecule has 0 aromatic heterocycles. The number of benzene rings is 1. The van der Waals surface area contributed by atoms with Crippen LogP contribution in [-0.2, 0) is 6.42 Å². The zero-order valence-electron chi connectivity index (χ0n) is 10.9. The Hall–Kier alpha value is -1.58. The van der Waals surface area contributed by atoms with Gasteiger partial charge in [0.15, 0.2) is 0 Å². The summed E-state index contributed by atoms with van der Waals surface area (Å²) in [6.45, 7) is 4.29. The quantitative estimate of drug-likeness (QED) is 0.439. The second-order valence-electron chi connectivity index (χ2n) is 4.87. The van der Waals surface area contributed by atoms with Crippen LogP contribution in [0.5, 0.6) is 0 Å². The van der Waals surface area contributed by atoms with Gasteiger partial charge in [0, 0.05) is 30.9 Å². The molecule has 1 aromatic carbocycles. The molecule has 4 nitrogen and oxygen atoms in total. The Bertz CT molecular complexity index is 432. The first kappa shape index (κ1) is 12.9. The number of hydrogen-bond donors (Lipinski definition) is 0. The summed E-state index contributed by atoms with van der Waals surface area (Å²) in [5.41, 5.74) is 2.53. The molecule has 0 radical (unpaired) electrons. The van der Waals surface area contributed by atoms with E-state index in [1.807, 2.05) is 6.07 Å². The topological polar surface area (TPSA) is 46.4 Å². The van der Waals surface area contributed by atoms with Crippen molar-refractivity contribution >= 4 is 11.4 Å². The first-order valence-corrected chi connectivity index (χ1v) is 6.74. The van der Waals surface area contributed by atoms with Crippen molar-refractivity contribution in [1.29, 1.82) is 0 Å². The smallest absolute Gasteiger partial charge is 0.269 e. The van der Waals surface area contributed by atoms with Gasteiger partial charge in [-0.3, -0.25) is 10.1 Å². The summed E-state index contributed by atoms with van der Waals surface area (Å²) < 4.78 is 0. The van der Waals surface area contributed by atoms with E-state index in [0.717, 1.165) is 25.1 Å². The lowest BCUT2D eigenvalue weighted by Gasteiger charge is -2.19. The van der Waals surface area contributed by atoms with E-state index in [-0.39, 0.29) is 10.6 Å². The molecular weight excluding hydrogens is 228 g/mol. The predicted octanol–water partition coefficient (Wildman–Crippen LogP) is 3.54. The minimum absolute atomic E-state index is 0.210. The molecule has 0 bridgehead atoms. The fraction of sp³-hybridized carbons (Fsp3) is 0.571. The van der Waals surface area contributed by atoms with Gasteiger partial charge in [-0.25, -0.2) is 0 Å². The summed E-state index contributed by atoms with van der Waals surface area (Å²) in [4.78, 5) is 12.8. The van der Waals surface area contributed by atoms with E-state index in [9.17, 15) is 10.1 Å². The molecule has 0 saturated heterocycles. The lowest BCUT2D eigenvalue weighted by atomic mass is 10.1. The number of anilines is 1. The Labute approximate surface area is 108 Å². The van der Waals surface area contributed by atoms with Gasteiger partial charge in [0.2, 0.25) is 0 Å². The maximum absolute atomic E-state index is 10.7. The monoisotopic (exact) mass is 248 g/mol. The minimum Gasteiger partial charge on any atom is -0.371 e. The molecule has 0 unspecified atom stereocenters. The van der Waals surface area contributed by atoms with Gasteiger partial charge in [0.1, 0.15) is 0 Å². The lowest BCUT2D eigenvalue weighted by molar-refractivity contribution is -0.384. The van der Waals surface area contributed by atoms with Gasteiger partial charge in [-0.05, 0) is 24.5 Å². The van der Waals surface area contributed by atoms with Crippen LogP contribution in [0, 0.1) is 10.1 Å². The van der Waals surface area contributed by atoms with Crippen molar-refractivity contribution in [2.45, 2.75) is 39.0 Å². The third-order valence-electron chi connectivity index (χ3n) is 3.55. The second kappa shape index (κ2) is 5.85. The number of hydrogen-bond acceptors (Lipinski definition) is 3. The molecule has 18 heavy (non-hydrogen) atoms. The molecule has 0 spiro atoms. The van der Waals surface area contributed by atoms with Crippen molar-refractivity contribution in [3.8, 4) is 0 Å². The number of nitro groups is 1. The molecule has 2 rings (SSSR count). The molecule has 0 fully saturated rings. The molecule has 4 heteroatoms. The fourth-order valence-corrected chi connectivity index (χ4v) is 2.53. The van der Waals surface area contributed by atoms with Crippen molar-refractivity contribution in [3.05, 3.63) is 33.9 Å². The van der Waals surface area contributed by atoms with Crippen LogP contribution >= 0.6 is 0 Å². The van der Waals surface area contributed by atoms with Crippen LogP contribution < -0.4 is 4.90 Å². The van der Waals surface area contributed by atoms with Crippen molar-refractivity contribution in [2.24, 2.45) is 0 Å². The largest absolute Gasteiger partial charge is 0.371 e. The van der Waals surface area contributed by atoms with Gasteiger partial charge in [-0.15, -0.1) is 0 Å². The highest BCUT2D eigenvalue weighted by Crippen LogP contribution is 2.31. The average molecular weight is 248 g/mol. The molecule has 1 aromatic rings. The van der Waals surface area contributed by atoms with Gasteiger partial charge >= 0.3 is 0 Å². The summed E-state index contributed by atoms with van der Waals surface area (Å²) in [6.07, 6.45) is 5.97. The van der Waals surface area contributed by atoms with E-state index >= 15 is 0 Å². The first-order valence-electron chi connectivity index (χ1n) is 6.74. The SMILES string of the molecule is CCCCCCN1CCc2cc([N+](=O)[O-])ccc21. The highest BCUT2D eigenvalue weighted by molar-refractivity contribution is 5.61. The maximum atomic E-state index is 10.7. The number of nitro benzene ring substituents is 1. The minimum atomic E-state index is -0.315. The predicted molar refractivity (Wildman–Crippen MR) is 73.2 cm³/mol. The molecule has 1 aliphatic heterocycles. The standard InChI is InChI=1S/C14H20N2O2/c1-2-3-4-5-9-15-10-8-12-11-13(16(17)18)6-7-14(12)15/h6-7,11H,2-5,8-10H2,1H3. The Morgan fingerprint density at radius 1 is 1.33 bits per heavy atom. The summed E-state index contributed by atoms with van der Waals surface area (Å²) >= 11 is 0. The highest BCUT2D eigenvalue weighted by atomic mass is 16.6. The Morgan fingerprint density at radius 2 is 2.17 bits per heavy atom. The van der Waals surface area contributed by atoms with Gasteiger partial charge in [-0.2, -0.15) is 0 Å². The van der Waals surface area contributed by atoms with E-state index in [0.29, 0.717) is 0 Å². The fourth-order valence-electron chi connectivity index (χ4n) is 2.53. The molecule has 0 atom stereocenters. The zero-order chi connectivity index (χ0) is 13.0. The number of unbranched alkanes of at least 4 members (excludes halogenated alkanes) is 3. The number of fused-ring (bicyclic) bond motifs is 1. The Morgan fingerprint density at radius 3 is 2.89 bits per heavy atom. The van der Waals surface area contributed by atoms with Crippen LogP contribution in [0.2, 0.25) is 0 Å². The summed E-state index contributed by atoms with van der Waals surface area (Å²) in [5.74, 6) is 0. The normalized spacial score (nSPS) is 13.7. The third-order valence-corrected chi connectivity index (χ3v) is 3.55. The van der Waals surface area contributed by atoms with E-state index in [1.165, 1.54) is 31.4 Å². The van der Waals surface area contributed by atoms with Crippen LogP contribution in [0.3, 0.4) is 0 Å². The van der Waals surface area contributed by atoms with E-state index < -0.39 is 0 Å². The summed E-state index contributed by atoms with van der Waals surface area (Å²) in [5, 5.41) is 10.7. The highest BCUT2D eigenvalue weighted by Gasteiger charge is 2.20. The van der Waals surface area contributed by atoms with Gasteiger partial charge < -0.3 is 4.90 Å². The van der Waals surface area contributed by atoms with Crippen LogP contribution in [-0.4, -0.2) is 18.0 Å². The maximum Gasteiger partial charge on any atom is 0.269 e. The molecular formula is C14H20N2O2.